The molecule has 3 heteroatoms. The van der Waals surface area contributed by atoms with Gasteiger partial charge in [0.1, 0.15) is 6.04 Å². The summed E-state index contributed by atoms with van der Waals surface area (Å²) < 4.78 is 0. The Morgan fingerprint density at radius 2 is 2.00 bits per heavy atom. The fraction of sp³-hybridized carbons (Fsp3) is 0.417. The lowest BCUT2D eigenvalue weighted by atomic mass is 10.1. The summed E-state index contributed by atoms with van der Waals surface area (Å²) in [6, 6.07) is 5.92. The number of hydrogen-bond acceptors (Lipinski definition) is 2. The Bertz CT molecular complexity index is 361. The van der Waals surface area contributed by atoms with Gasteiger partial charge in [-0.25, -0.2) is 0 Å². The fourth-order valence-electron chi connectivity index (χ4n) is 1.49. The minimum absolute atomic E-state index is 0.00465. The second-order valence-corrected chi connectivity index (χ2v) is 3.80. The molecule has 3 nitrogen and oxygen atoms in total. The van der Waals surface area contributed by atoms with Crippen LogP contribution in [0.1, 0.15) is 18.1 Å². The van der Waals surface area contributed by atoms with Crippen molar-refractivity contribution in [2.75, 3.05) is 12.4 Å². The van der Waals surface area contributed by atoms with Crippen molar-refractivity contribution < 1.29 is 4.79 Å². The quantitative estimate of drug-likeness (QED) is 0.792. The van der Waals surface area contributed by atoms with Crippen molar-refractivity contribution in [3.8, 4) is 0 Å². The van der Waals surface area contributed by atoms with Crippen LogP contribution in [0.25, 0.3) is 0 Å². The molecule has 0 saturated carbocycles. The van der Waals surface area contributed by atoms with Crippen molar-refractivity contribution in [1.82, 2.24) is 5.32 Å². The van der Waals surface area contributed by atoms with Gasteiger partial charge in [0.25, 0.3) is 0 Å². The van der Waals surface area contributed by atoms with Gasteiger partial charge in [0.2, 0.25) is 5.91 Å². The zero-order valence-electron chi connectivity index (χ0n) is 9.72. The minimum atomic E-state index is -0.212. The molecular weight excluding hydrogens is 188 g/mol. The van der Waals surface area contributed by atoms with Crippen LogP contribution in [0.3, 0.4) is 0 Å². The van der Waals surface area contributed by atoms with Crippen molar-refractivity contribution in [1.29, 1.82) is 0 Å². The summed E-state index contributed by atoms with van der Waals surface area (Å²) in [5.41, 5.74) is 3.40. The van der Waals surface area contributed by atoms with Gasteiger partial charge in [-0.15, -0.1) is 0 Å². The molecule has 0 aliphatic rings. The second-order valence-electron chi connectivity index (χ2n) is 3.80. The fourth-order valence-corrected chi connectivity index (χ4v) is 1.49. The highest BCUT2D eigenvalue weighted by Crippen LogP contribution is 2.16. The third-order valence-corrected chi connectivity index (χ3v) is 2.39. The number of carbonyl (C=O) groups is 1. The average Bonchev–Trinajstić information content (AvgIpc) is 2.20. The van der Waals surface area contributed by atoms with Gasteiger partial charge in [0.15, 0.2) is 0 Å². The number of nitrogens with one attached hydrogen (secondary N) is 2. The number of hydrogen-bond donors (Lipinski definition) is 2. The molecule has 0 aliphatic carbocycles. The zero-order chi connectivity index (χ0) is 11.4. The van der Waals surface area contributed by atoms with E-state index in [4.69, 9.17) is 0 Å². The van der Waals surface area contributed by atoms with Crippen molar-refractivity contribution in [3.05, 3.63) is 29.3 Å². The molecule has 1 rings (SSSR count). The monoisotopic (exact) mass is 206 g/mol. The average molecular weight is 206 g/mol. The van der Waals surface area contributed by atoms with Crippen LogP contribution in [0.5, 0.6) is 0 Å². The van der Waals surface area contributed by atoms with Gasteiger partial charge in [-0.1, -0.05) is 17.7 Å². The first kappa shape index (κ1) is 11.6. The highest BCUT2D eigenvalue weighted by Gasteiger charge is 2.10. The van der Waals surface area contributed by atoms with E-state index in [1.54, 1.807) is 7.05 Å². The molecule has 0 fully saturated rings. The Hall–Kier alpha value is -1.51. The highest BCUT2D eigenvalue weighted by molar-refractivity contribution is 5.84. The molecule has 0 heterocycles. The van der Waals surface area contributed by atoms with E-state index in [2.05, 4.69) is 23.6 Å². The summed E-state index contributed by atoms with van der Waals surface area (Å²) in [7, 11) is 1.64. The summed E-state index contributed by atoms with van der Waals surface area (Å²) in [5, 5.41) is 5.79. The number of anilines is 1. The van der Waals surface area contributed by atoms with Crippen LogP contribution < -0.4 is 10.6 Å². The Morgan fingerprint density at radius 1 is 1.33 bits per heavy atom. The Labute approximate surface area is 90.9 Å². The molecule has 0 spiro atoms. The molecule has 0 bridgehead atoms. The van der Waals surface area contributed by atoms with E-state index in [1.807, 2.05) is 26.0 Å². The van der Waals surface area contributed by atoms with Gasteiger partial charge in [-0.3, -0.25) is 4.79 Å². The first-order valence-electron chi connectivity index (χ1n) is 5.10. The van der Waals surface area contributed by atoms with E-state index in [0.29, 0.717) is 0 Å². The van der Waals surface area contributed by atoms with Crippen LogP contribution in [-0.4, -0.2) is 19.0 Å². The topological polar surface area (TPSA) is 41.1 Å². The summed E-state index contributed by atoms with van der Waals surface area (Å²) in [6.45, 7) is 5.93. The molecule has 1 aromatic rings. The summed E-state index contributed by atoms with van der Waals surface area (Å²) in [4.78, 5) is 11.3. The second kappa shape index (κ2) is 4.82. The lowest BCUT2D eigenvalue weighted by Crippen LogP contribution is -2.35. The van der Waals surface area contributed by atoms with Gasteiger partial charge in [0, 0.05) is 12.7 Å². The van der Waals surface area contributed by atoms with E-state index < -0.39 is 0 Å². The smallest absolute Gasteiger partial charge is 0.241 e. The molecular formula is C12H18N2O. The molecule has 0 aliphatic heterocycles. The lowest BCUT2D eigenvalue weighted by molar-refractivity contribution is -0.121. The van der Waals surface area contributed by atoms with Gasteiger partial charge < -0.3 is 10.6 Å². The normalized spacial score (nSPS) is 12.0. The van der Waals surface area contributed by atoms with Crippen LogP contribution in [0.2, 0.25) is 0 Å². The van der Waals surface area contributed by atoms with Gasteiger partial charge >= 0.3 is 0 Å². The van der Waals surface area contributed by atoms with Crippen molar-refractivity contribution in [2.24, 2.45) is 0 Å². The molecule has 1 amide bonds. The molecule has 0 aromatic heterocycles. The number of benzene rings is 1. The lowest BCUT2D eigenvalue weighted by Gasteiger charge is -2.15. The van der Waals surface area contributed by atoms with Crippen molar-refractivity contribution >= 4 is 11.6 Å². The van der Waals surface area contributed by atoms with E-state index in [0.717, 1.165) is 11.3 Å². The molecule has 82 valence electrons. The SMILES string of the molecule is CNC(=O)[C@H](C)Nc1ccc(C)cc1C. The maximum Gasteiger partial charge on any atom is 0.241 e. The van der Waals surface area contributed by atoms with Gasteiger partial charge in [-0.2, -0.15) is 0 Å². The maximum absolute atomic E-state index is 11.3. The predicted octanol–water partition coefficient (Wildman–Crippen LogP) is 1.85. The van der Waals surface area contributed by atoms with Crippen LogP contribution >= 0.6 is 0 Å². The van der Waals surface area contributed by atoms with Crippen molar-refractivity contribution in [2.45, 2.75) is 26.8 Å². The summed E-state index contributed by atoms with van der Waals surface area (Å²) in [5.74, 6) is -0.00465. The Balaban J connectivity index is 2.76. The molecule has 2 N–H and O–H groups in total. The molecule has 0 saturated heterocycles. The molecule has 0 radical (unpaired) electrons. The van der Waals surface area contributed by atoms with E-state index in [9.17, 15) is 4.79 Å². The molecule has 0 unspecified atom stereocenters. The third-order valence-electron chi connectivity index (χ3n) is 2.39. The maximum atomic E-state index is 11.3. The molecule has 15 heavy (non-hydrogen) atoms. The van der Waals surface area contributed by atoms with Crippen LogP contribution in [-0.2, 0) is 4.79 Å². The van der Waals surface area contributed by atoms with Gasteiger partial charge in [-0.05, 0) is 32.4 Å². The van der Waals surface area contributed by atoms with Crippen molar-refractivity contribution in [3.63, 3.8) is 0 Å². The highest BCUT2D eigenvalue weighted by atomic mass is 16.2. The number of amides is 1. The summed E-state index contributed by atoms with van der Waals surface area (Å²) in [6.07, 6.45) is 0. The Kier molecular flexibility index (Phi) is 3.72. The minimum Gasteiger partial charge on any atom is -0.374 e. The van der Waals surface area contributed by atoms with Gasteiger partial charge in [0.05, 0.1) is 0 Å². The summed E-state index contributed by atoms with van der Waals surface area (Å²) >= 11 is 0. The number of rotatable bonds is 3. The van der Waals surface area contributed by atoms with E-state index in [-0.39, 0.29) is 11.9 Å². The standard InChI is InChI=1S/C12H18N2O/c1-8-5-6-11(9(2)7-8)14-10(3)12(15)13-4/h5-7,10,14H,1-4H3,(H,13,15)/t10-/m0/s1. The number of aryl methyl sites for hydroxylation is 2. The molecule has 1 atom stereocenters. The first-order chi connectivity index (χ1) is 7.04. The largest absolute Gasteiger partial charge is 0.374 e. The third kappa shape index (κ3) is 2.98. The molecule has 1 aromatic carbocycles. The van der Waals surface area contributed by atoms with Crippen LogP contribution in [0, 0.1) is 13.8 Å². The van der Waals surface area contributed by atoms with E-state index >= 15 is 0 Å². The predicted molar refractivity (Wildman–Crippen MR) is 63.1 cm³/mol. The van der Waals surface area contributed by atoms with Crippen LogP contribution in [0.4, 0.5) is 5.69 Å². The van der Waals surface area contributed by atoms with Crippen LogP contribution in [0.15, 0.2) is 18.2 Å². The number of likely N-dealkylation sites (N-methyl/N-ethyl adjacent to an activating group) is 1. The van der Waals surface area contributed by atoms with E-state index in [1.165, 1.54) is 5.56 Å². The first-order valence-corrected chi connectivity index (χ1v) is 5.10. The Morgan fingerprint density at radius 3 is 2.53 bits per heavy atom. The zero-order valence-corrected chi connectivity index (χ0v) is 9.72. The number of carbonyl (C=O) groups excluding carboxylic acids is 1.